The Morgan fingerprint density at radius 1 is 1.42 bits per heavy atom. The number of aromatic nitrogens is 4. The van der Waals surface area contributed by atoms with E-state index in [1.54, 1.807) is 10.9 Å². The number of nitrogens with one attached hydrogen (secondary N) is 2. The number of rotatable bonds is 3. The number of carbonyl (C=O) groups excluding carboxylic acids is 1. The van der Waals surface area contributed by atoms with Crippen LogP contribution in [0.4, 0.5) is 5.95 Å². The van der Waals surface area contributed by atoms with Crippen LogP contribution in [0.1, 0.15) is 5.56 Å². The molecule has 0 unspecified atom stereocenters. The Hall–Kier alpha value is -2.63. The third-order valence-corrected chi connectivity index (χ3v) is 2.72. The van der Waals surface area contributed by atoms with Crippen molar-refractivity contribution in [3.8, 4) is 0 Å². The maximum absolute atomic E-state index is 11.8. The predicted molar refractivity (Wildman–Crippen MR) is 71.7 cm³/mol. The van der Waals surface area contributed by atoms with Crippen molar-refractivity contribution in [1.82, 2.24) is 19.7 Å². The Morgan fingerprint density at radius 2 is 2.26 bits per heavy atom. The molecule has 0 saturated heterocycles. The van der Waals surface area contributed by atoms with Crippen molar-refractivity contribution in [2.75, 3.05) is 5.32 Å². The minimum Gasteiger partial charge on any atom is -0.324 e. The predicted octanol–water partition coefficient (Wildman–Crippen LogP) is 1.71. The quantitative estimate of drug-likeness (QED) is 0.748. The Labute approximate surface area is 109 Å². The number of anilines is 1. The van der Waals surface area contributed by atoms with Gasteiger partial charge in [0.1, 0.15) is 6.54 Å². The van der Waals surface area contributed by atoms with Gasteiger partial charge in [0.2, 0.25) is 11.9 Å². The number of para-hydroxylation sites is 2. The lowest BCUT2D eigenvalue weighted by molar-refractivity contribution is -0.116. The third-order valence-electron chi connectivity index (χ3n) is 2.72. The fourth-order valence-electron chi connectivity index (χ4n) is 1.88. The van der Waals surface area contributed by atoms with E-state index in [1.165, 1.54) is 0 Å². The number of hydrogen-bond acceptors (Lipinski definition) is 3. The molecule has 0 bridgehead atoms. The molecule has 6 heteroatoms. The zero-order chi connectivity index (χ0) is 13.2. The molecular weight excluding hydrogens is 242 g/mol. The van der Waals surface area contributed by atoms with Crippen LogP contribution >= 0.6 is 0 Å². The number of fused-ring (bicyclic) bond motifs is 1. The van der Waals surface area contributed by atoms with Crippen LogP contribution in [0.2, 0.25) is 0 Å². The summed E-state index contributed by atoms with van der Waals surface area (Å²) in [4.78, 5) is 19.2. The van der Waals surface area contributed by atoms with Gasteiger partial charge in [0.25, 0.3) is 0 Å². The minimum atomic E-state index is -0.165. The topological polar surface area (TPSA) is 75.6 Å². The van der Waals surface area contributed by atoms with Crippen LogP contribution < -0.4 is 5.32 Å². The molecule has 2 aromatic heterocycles. The molecule has 0 aliphatic rings. The molecular formula is C13H13N5O. The van der Waals surface area contributed by atoms with E-state index in [0.717, 1.165) is 16.6 Å². The van der Waals surface area contributed by atoms with Crippen molar-refractivity contribution < 1.29 is 4.79 Å². The molecule has 2 heterocycles. The average molecular weight is 255 g/mol. The van der Waals surface area contributed by atoms with Crippen LogP contribution in [-0.4, -0.2) is 25.7 Å². The number of amides is 1. The maximum atomic E-state index is 11.8. The minimum absolute atomic E-state index is 0.165. The summed E-state index contributed by atoms with van der Waals surface area (Å²) in [6.07, 6.45) is 3.53. The zero-order valence-corrected chi connectivity index (χ0v) is 10.4. The molecule has 96 valence electrons. The molecule has 1 aromatic carbocycles. The summed E-state index contributed by atoms with van der Waals surface area (Å²) in [5, 5.41) is 6.79. The summed E-state index contributed by atoms with van der Waals surface area (Å²) in [5.74, 6) is 0.289. The highest BCUT2D eigenvalue weighted by atomic mass is 16.2. The lowest BCUT2D eigenvalue weighted by Crippen LogP contribution is -2.19. The normalized spacial score (nSPS) is 10.8. The van der Waals surface area contributed by atoms with Crippen LogP contribution in [0.25, 0.3) is 11.0 Å². The van der Waals surface area contributed by atoms with Gasteiger partial charge in [0.15, 0.2) is 0 Å². The van der Waals surface area contributed by atoms with Gasteiger partial charge in [-0.1, -0.05) is 12.1 Å². The molecule has 0 spiro atoms. The number of carbonyl (C=O) groups is 1. The van der Waals surface area contributed by atoms with E-state index in [1.807, 2.05) is 37.4 Å². The zero-order valence-electron chi connectivity index (χ0n) is 10.4. The third kappa shape index (κ3) is 2.47. The molecule has 0 aliphatic heterocycles. The Bertz CT molecular complexity index is 694. The summed E-state index contributed by atoms with van der Waals surface area (Å²) in [6, 6.07) is 7.62. The van der Waals surface area contributed by atoms with Crippen molar-refractivity contribution in [2.24, 2.45) is 0 Å². The van der Waals surface area contributed by atoms with Crippen molar-refractivity contribution in [3.63, 3.8) is 0 Å². The lowest BCUT2D eigenvalue weighted by Gasteiger charge is -2.01. The number of imidazole rings is 1. The van der Waals surface area contributed by atoms with E-state index in [-0.39, 0.29) is 12.5 Å². The van der Waals surface area contributed by atoms with Crippen molar-refractivity contribution in [1.29, 1.82) is 0 Å². The highest BCUT2D eigenvalue weighted by Crippen LogP contribution is 2.13. The molecule has 2 N–H and O–H groups in total. The van der Waals surface area contributed by atoms with Crippen LogP contribution in [0.5, 0.6) is 0 Å². The van der Waals surface area contributed by atoms with Crippen LogP contribution in [0, 0.1) is 6.92 Å². The van der Waals surface area contributed by atoms with Gasteiger partial charge < -0.3 is 4.98 Å². The van der Waals surface area contributed by atoms with E-state index < -0.39 is 0 Å². The van der Waals surface area contributed by atoms with E-state index in [0.29, 0.717) is 5.95 Å². The lowest BCUT2D eigenvalue weighted by atomic mass is 10.3. The van der Waals surface area contributed by atoms with Gasteiger partial charge in [-0.3, -0.25) is 14.8 Å². The Kier molecular flexibility index (Phi) is 2.75. The Morgan fingerprint density at radius 3 is 3.00 bits per heavy atom. The second kappa shape index (κ2) is 4.56. The van der Waals surface area contributed by atoms with E-state index >= 15 is 0 Å². The molecule has 3 rings (SSSR count). The van der Waals surface area contributed by atoms with E-state index in [9.17, 15) is 4.79 Å². The van der Waals surface area contributed by atoms with Crippen molar-refractivity contribution >= 4 is 22.9 Å². The monoisotopic (exact) mass is 255 g/mol. The standard InChI is InChI=1S/C13H13N5O/c1-9-6-14-18(7-9)8-12(19)17-13-15-10-4-2-3-5-11(10)16-13/h2-7H,8H2,1H3,(H2,15,16,17,19). The number of nitrogens with zero attached hydrogens (tertiary/aromatic N) is 3. The van der Waals surface area contributed by atoms with Gasteiger partial charge in [-0.05, 0) is 24.6 Å². The highest BCUT2D eigenvalue weighted by molar-refractivity contribution is 5.90. The number of benzene rings is 1. The first-order chi connectivity index (χ1) is 9.20. The molecule has 0 aliphatic carbocycles. The summed E-state index contributed by atoms with van der Waals surface area (Å²) in [6.45, 7) is 2.10. The first-order valence-corrected chi connectivity index (χ1v) is 5.94. The number of aryl methyl sites for hydroxylation is 1. The van der Waals surface area contributed by atoms with Crippen LogP contribution in [-0.2, 0) is 11.3 Å². The molecule has 3 aromatic rings. The number of hydrogen-bond donors (Lipinski definition) is 2. The first kappa shape index (κ1) is 11.5. The van der Waals surface area contributed by atoms with Crippen LogP contribution in [0.3, 0.4) is 0 Å². The number of H-pyrrole nitrogens is 1. The highest BCUT2D eigenvalue weighted by Gasteiger charge is 2.07. The van der Waals surface area contributed by atoms with Gasteiger partial charge in [-0.25, -0.2) is 4.98 Å². The summed E-state index contributed by atoms with van der Waals surface area (Å²) in [7, 11) is 0. The summed E-state index contributed by atoms with van der Waals surface area (Å²) >= 11 is 0. The van der Waals surface area contributed by atoms with Gasteiger partial charge in [-0.2, -0.15) is 5.10 Å². The van der Waals surface area contributed by atoms with Gasteiger partial charge >= 0.3 is 0 Å². The molecule has 19 heavy (non-hydrogen) atoms. The average Bonchev–Trinajstić information content (AvgIpc) is 2.94. The fraction of sp³-hybridized carbons (Fsp3) is 0.154. The Balaban J connectivity index is 1.72. The van der Waals surface area contributed by atoms with Gasteiger partial charge in [0.05, 0.1) is 17.2 Å². The first-order valence-electron chi connectivity index (χ1n) is 5.94. The van der Waals surface area contributed by atoms with E-state index in [2.05, 4.69) is 20.4 Å². The molecule has 0 fully saturated rings. The van der Waals surface area contributed by atoms with Crippen molar-refractivity contribution in [3.05, 3.63) is 42.2 Å². The van der Waals surface area contributed by atoms with Crippen LogP contribution in [0.15, 0.2) is 36.7 Å². The van der Waals surface area contributed by atoms with Crippen molar-refractivity contribution in [2.45, 2.75) is 13.5 Å². The van der Waals surface area contributed by atoms with E-state index in [4.69, 9.17) is 0 Å². The number of aromatic amines is 1. The van der Waals surface area contributed by atoms with Gasteiger partial charge in [0, 0.05) is 6.20 Å². The maximum Gasteiger partial charge on any atom is 0.248 e. The fourth-order valence-corrected chi connectivity index (χ4v) is 1.88. The second-order valence-corrected chi connectivity index (χ2v) is 4.37. The summed E-state index contributed by atoms with van der Waals surface area (Å²) in [5.41, 5.74) is 2.75. The summed E-state index contributed by atoms with van der Waals surface area (Å²) < 4.78 is 1.59. The molecule has 1 amide bonds. The largest absolute Gasteiger partial charge is 0.324 e. The molecule has 6 nitrogen and oxygen atoms in total. The van der Waals surface area contributed by atoms with Gasteiger partial charge in [-0.15, -0.1) is 0 Å². The second-order valence-electron chi connectivity index (χ2n) is 4.37. The smallest absolute Gasteiger partial charge is 0.248 e. The molecule has 0 radical (unpaired) electrons. The molecule has 0 saturated carbocycles. The molecule has 0 atom stereocenters. The SMILES string of the molecule is Cc1cnn(CC(=O)Nc2nc3ccccc3[nH]2)c1.